The van der Waals surface area contributed by atoms with Crippen LogP contribution in [-0.4, -0.2) is 5.54 Å². The quantitative estimate of drug-likeness (QED) is 0.579. The highest BCUT2D eigenvalue weighted by atomic mass is 16.3. The van der Waals surface area contributed by atoms with Gasteiger partial charge in [-0.15, -0.1) is 0 Å². The van der Waals surface area contributed by atoms with Gasteiger partial charge in [0.2, 0.25) is 0 Å². The molecule has 1 aromatic carbocycles. The Labute approximate surface area is 170 Å². The summed E-state index contributed by atoms with van der Waals surface area (Å²) in [5.41, 5.74) is 4.73. The van der Waals surface area contributed by atoms with E-state index in [1.54, 1.807) is 6.26 Å². The third kappa shape index (κ3) is 3.72. The molecule has 0 amide bonds. The van der Waals surface area contributed by atoms with Gasteiger partial charge in [-0.1, -0.05) is 55.8 Å². The van der Waals surface area contributed by atoms with E-state index in [4.69, 9.17) is 4.42 Å². The summed E-state index contributed by atoms with van der Waals surface area (Å²) in [6.07, 6.45) is 12.3. The summed E-state index contributed by atoms with van der Waals surface area (Å²) in [4.78, 5) is 0. The summed E-state index contributed by atoms with van der Waals surface area (Å²) in [5.74, 6) is 1.32. The Morgan fingerprint density at radius 3 is 2.68 bits per heavy atom. The highest BCUT2D eigenvalue weighted by Gasteiger charge is 2.54. The lowest BCUT2D eigenvalue weighted by atomic mass is 9.49. The molecule has 2 nitrogen and oxygen atoms in total. The second kappa shape index (κ2) is 7.91. The number of fused-ring (bicyclic) bond motifs is 1. The Morgan fingerprint density at radius 1 is 1.11 bits per heavy atom. The molecule has 0 aliphatic heterocycles. The van der Waals surface area contributed by atoms with Crippen LogP contribution < -0.4 is 5.32 Å². The van der Waals surface area contributed by atoms with Crippen molar-refractivity contribution in [1.29, 1.82) is 0 Å². The van der Waals surface area contributed by atoms with Crippen molar-refractivity contribution in [2.24, 2.45) is 17.3 Å². The van der Waals surface area contributed by atoms with E-state index in [0.29, 0.717) is 17.3 Å². The standard InChI is InChI=1S/C26H35NO/c1-20-10-13-24-25(2,23(20)12-11-22-14-17-28-19-22)15-7-16-26(24,3)27-18-21-8-5-4-6-9-21/h4-6,8-9,14,17,19,23-24,27H,1,7,10-13,15-16,18H2,2-3H3/t23-,24+,25+,26-/m0/s1. The first-order valence-corrected chi connectivity index (χ1v) is 11.0. The maximum atomic E-state index is 5.29. The predicted octanol–water partition coefficient (Wildman–Crippen LogP) is 6.53. The molecule has 4 rings (SSSR count). The number of benzene rings is 1. The summed E-state index contributed by atoms with van der Waals surface area (Å²) >= 11 is 0. The summed E-state index contributed by atoms with van der Waals surface area (Å²) in [7, 11) is 0. The zero-order valence-corrected chi connectivity index (χ0v) is 17.5. The van der Waals surface area contributed by atoms with E-state index in [1.165, 1.54) is 55.2 Å². The smallest absolute Gasteiger partial charge is 0.0934 e. The van der Waals surface area contributed by atoms with Crippen molar-refractivity contribution < 1.29 is 4.42 Å². The molecule has 0 spiro atoms. The van der Waals surface area contributed by atoms with Crippen molar-refractivity contribution in [1.82, 2.24) is 5.32 Å². The molecule has 0 radical (unpaired) electrons. The van der Waals surface area contributed by atoms with Crippen LogP contribution >= 0.6 is 0 Å². The fourth-order valence-corrected chi connectivity index (χ4v) is 6.34. The minimum Gasteiger partial charge on any atom is -0.472 e. The number of rotatable bonds is 6. The van der Waals surface area contributed by atoms with Crippen LogP contribution in [0.1, 0.15) is 63.5 Å². The van der Waals surface area contributed by atoms with E-state index < -0.39 is 0 Å². The Hall–Kier alpha value is -1.80. The van der Waals surface area contributed by atoms with Crippen LogP contribution in [-0.2, 0) is 13.0 Å². The second-order valence-corrected chi connectivity index (χ2v) is 9.59. The second-order valence-electron chi connectivity index (χ2n) is 9.59. The van der Waals surface area contributed by atoms with E-state index in [9.17, 15) is 0 Å². The van der Waals surface area contributed by atoms with Crippen molar-refractivity contribution >= 4 is 0 Å². The molecule has 2 aliphatic rings. The van der Waals surface area contributed by atoms with Gasteiger partial charge in [0, 0.05) is 12.1 Å². The molecule has 0 unspecified atom stereocenters. The zero-order chi connectivity index (χ0) is 19.6. The van der Waals surface area contributed by atoms with Gasteiger partial charge >= 0.3 is 0 Å². The van der Waals surface area contributed by atoms with E-state index >= 15 is 0 Å². The predicted molar refractivity (Wildman–Crippen MR) is 116 cm³/mol. The van der Waals surface area contributed by atoms with E-state index in [-0.39, 0.29) is 5.54 Å². The van der Waals surface area contributed by atoms with Gasteiger partial charge in [-0.25, -0.2) is 0 Å². The van der Waals surface area contributed by atoms with Gasteiger partial charge in [0.25, 0.3) is 0 Å². The molecule has 2 aromatic rings. The number of hydrogen-bond donors (Lipinski definition) is 1. The lowest BCUT2D eigenvalue weighted by Crippen LogP contribution is -2.60. The van der Waals surface area contributed by atoms with Crippen LogP contribution in [0.2, 0.25) is 0 Å². The monoisotopic (exact) mass is 377 g/mol. The van der Waals surface area contributed by atoms with Crippen LogP contribution in [0.15, 0.2) is 65.5 Å². The molecular weight excluding hydrogens is 342 g/mol. The third-order valence-corrected chi connectivity index (χ3v) is 7.86. The number of hydrogen-bond acceptors (Lipinski definition) is 2. The fourth-order valence-electron chi connectivity index (χ4n) is 6.34. The molecule has 1 N–H and O–H groups in total. The van der Waals surface area contributed by atoms with Crippen LogP contribution in [0, 0.1) is 17.3 Å². The molecule has 28 heavy (non-hydrogen) atoms. The normalized spacial score (nSPS) is 32.9. The first kappa shape index (κ1) is 19.5. The Kier molecular flexibility index (Phi) is 5.51. The minimum atomic E-state index is 0.206. The summed E-state index contributed by atoms with van der Waals surface area (Å²) < 4.78 is 5.29. The molecule has 2 aliphatic carbocycles. The van der Waals surface area contributed by atoms with Crippen molar-refractivity contribution in [3.8, 4) is 0 Å². The van der Waals surface area contributed by atoms with E-state index in [1.807, 2.05) is 6.26 Å². The molecule has 150 valence electrons. The lowest BCUT2D eigenvalue weighted by molar-refractivity contribution is -0.0367. The van der Waals surface area contributed by atoms with Gasteiger partial charge in [-0.2, -0.15) is 0 Å². The molecule has 4 atom stereocenters. The summed E-state index contributed by atoms with van der Waals surface area (Å²) in [6.45, 7) is 10.5. The molecule has 1 aromatic heterocycles. The van der Waals surface area contributed by atoms with Crippen LogP contribution in [0.5, 0.6) is 0 Å². The Bertz CT molecular complexity index is 780. The largest absolute Gasteiger partial charge is 0.472 e. The lowest BCUT2D eigenvalue weighted by Gasteiger charge is -2.59. The highest BCUT2D eigenvalue weighted by Crippen LogP contribution is 2.59. The third-order valence-electron chi connectivity index (χ3n) is 7.86. The van der Waals surface area contributed by atoms with Gasteiger partial charge in [0.05, 0.1) is 12.5 Å². The first-order valence-electron chi connectivity index (χ1n) is 11.0. The van der Waals surface area contributed by atoms with E-state index in [2.05, 4.69) is 62.1 Å². The topological polar surface area (TPSA) is 25.2 Å². The highest BCUT2D eigenvalue weighted by molar-refractivity contribution is 5.20. The minimum absolute atomic E-state index is 0.206. The average molecular weight is 378 g/mol. The molecular formula is C26H35NO. The number of furan rings is 1. The first-order chi connectivity index (χ1) is 13.5. The van der Waals surface area contributed by atoms with Crippen LogP contribution in [0.3, 0.4) is 0 Å². The van der Waals surface area contributed by atoms with Crippen molar-refractivity contribution in [3.05, 3.63) is 72.2 Å². The zero-order valence-electron chi connectivity index (χ0n) is 17.5. The van der Waals surface area contributed by atoms with Crippen molar-refractivity contribution in [2.45, 2.75) is 70.9 Å². The van der Waals surface area contributed by atoms with Gasteiger partial charge in [-0.3, -0.25) is 0 Å². The fraction of sp³-hybridized carbons (Fsp3) is 0.538. The van der Waals surface area contributed by atoms with Crippen molar-refractivity contribution in [2.75, 3.05) is 0 Å². The maximum absolute atomic E-state index is 5.29. The molecule has 1 heterocycles. The van der Waals surface area contributed by atoms with Gasteiger partial charge in [0.15, 0.2) is 0 Å². The van der Waals surface area contributed by atoms with Gasteiger partial charge in [-0.05, 0) is 79.9 Å². The summed E-state index contributed by atoms with van der Waals surface area (Å²) in [5, 5.41) is 4.00. The average Bonchev–Trinajstić information content (AvgIpc) is 3.20. The van der Waals surface area contributed by atoms with Crippen molar-refractivity contribution in [3.63, 3.8) is 0 Å². The molecule has 0 saturated heterocycles. The molecule has 2 heteroatoms. The molecule has 2 fully saturated rings. The Balaban J connectivity index is 1.51. The molecule has 0 bridgehead atoms. The SMILES string of the molecule is C=C1CC[C@@H]2[C@](C)(CCC[C@]2(C)NCc2ccccc2)[C@H]1CCc1ccoc1. The Morgan fingerprint density at radius 2 is 1.93 bits per heavy atom. The maximum Gasteiger partial charge on any atom is 0.0934 e. The van der Waals surface area contributed by atoms with Crippen LogP contribution in [0.4, 0.5) is 0 Å². The van der Waals surface area contributed by atoms with E-state index in [0.717, 1.165) is 13.0 Å². The van der Waals surface area contributed by atoms with Gasteiger partial charge in [0.1, 0.15) is 0 Å². The number of nitrogens with one attached hydrogen (secondary N) is 1. The van der Waals surface area contributed by atoms with Crippen LogP contribution in [0.25, 0.3) is 0 Å². The molecule has 2 saturated carbocycles. The summed E-state index contributed by atoms with van der Waals surface area (Å²) in [6, 6.07) is 12.9. The number of allylic oxidation sites excluding steroid dienone is 1. The number of aryl methyl sites for hydroxylation is 1. The van der Waals surface area contributed by atoms with Gasteiger partial charge < -0.3 is 9.73 Å².